The predicted molar refractivity (Wildman–Crippen MR) is 85.2 cm³/mol. The van der Waals surface area contributed by atoms with Crippen LogP contribution in [0, 0.1) is 0 Å². The van der Waals surface area contributed by atoms with Crippen LogP contribution in [0.3, 0.4) is 0 Å². The molecule has 0 N–H and O–H groups in total. The van der Waals surface area contributed by atoms with Crippen LogP contribution in [0.4, 0.5) is 0 Å². The number of benzene rings is 1. The first kappa shape index (κ1) is 13.7. The molecule has 0 amide bonds. The van der Waals surface area contributed by atoms with Crippen LogP contribution >= 0.6 is 35.3 Å². The maximum Gasteiger partial charge on any atom is 0.0978 e. The Morgan fingerprint density at radius 3 is 2.65 bits per heavy atom. The van der Waals surface area contributed by atoms with Gasteiger partial charge in [-0.3, -0.25) is 0 Å². The number of hydrogen-bond acceptors (Lipinski definition) is 3. The molecule has 0 aliphatic carbocycles. The topological polar surface area (TPSA) is 0 Å². The molecule has 1 aromatic rings. The highest BCUT2D eigenvalue weighted by molar-refractivity contribution is 8.19. The zero-order valence-electron chi connectivity index (χ0n) is 10.5. The zero-order valence-corrected chi connectivity index (χ0v) is 13.0. The monoisotopic (exact) mass is 284 g/mol. The molecule has 1 aliphatic rings. The molecule has 1 fully saturated rings. The smallest absolute Gasteiger partial charge is 0.0978 e. The van der Waals surface area contributed by atoms with Crippen LogP contribution in [0.15, 0.2) is 30.3 Å². The summed E-state index contributed by atoms with van der Waals surface area (Å²) < 4.78 is 0.302. The first-order chi connectivity index (χ1) is 8.33. The van der Waals surface area contributed by atoms with Crippen LogP contribution in [-0.2, 0) is 4.08 Å². The summed E-state index contributed by atoms with van der Waals surface area (Å²) >= 11 is 6.43. The molecule has 2 rings (SSSR count). The second-order valence-corrected chi connectivity index (χ2v) is 8.64. The Balaban J connectivity index is 2.31. The predicted octanol–water partition coefficient (Wildman–Crippen LogP) is 4.85. The second-order valence-electron chi connectivity index (χ2n) is 4.05. The van der Waals surface area contributed by atoms with Crippen molar-refractivity contribution < 1.29 is 0 Å². The van der Waals surface area contributed by atoms with Gasteiger partial charge >= 0.3 is 0 Å². The highest BCUT2D eigenvalue weighted by Crippen LogP contribution is 2.58. The van der Waals surface area contributed by atoms with Gasteiger partial charge in [-0.2, -0.15) is 11.8 Å². The Morgan fingerprint density at radius 2 is 2.00 bits per heavy atom. The molecule has 0 aromatic heterocycles. The SMILES string of the molecule is CCSC1CCSC1(SCC)c1ccccc1. The lowest BCUT2D eigenvalue weighted by Gasteiger charge is -2.34. The Labute approximate surface area is 118 Å². The van der Waals surface area contributed by atoms with Crippen LogP contribution in [0.5, 0.6) is 0 Å². The van der Waals surface area contributed by atoms with Crippen LogP contribution in [-0.4, -0.2) is 22.5 Å². The molecule has 0 saturated carbocycles. The van der Waals surface area contributed by atoms with Crippen molar-refractivity contribution in [1.29, 1.82) is 0 Å². The van der Waals surface area contributed by atoms with Gasteiger partial charge in [-0.1, -0.05) is 44.2 Å². The highest BCUT2D eigenvalue weighted by Gasteiger charge is 2.45. The van der Waals surface area contributed by atoms with Gasteiger partial charge < -0.3 is 0 Å². The van der Waals surface area contributed by atoms with E-state index in [1.54, 1.807) is 0 Å². The summed E-state index contributed by atoms with van der Waals surface area (Å²) in [4.78, 5) is 0. The molecule has 3 heteroatoms. The fourth-order valence-electron chi connectivity index (χ4n) is 2.37. The van der Waals surface area contributed by atoms with E-state index in [0.29, 0.717) is 4.08 Å². The minimum absolute atomic E-state index is 0.302. The molecule has 2 atom stereocenters. The largest absolute Gasteiger partial charge is 0.156 e. The highest BCUT2D eigenvalue weighted by atomic mass is 32.2. The van der Waals surface area contributed by atoms with Crippen LogP contribution in [0.1, 0.15) is 25.8 Å². The van der Waals surface area contributed by atoms with Gasteiger partial charge in [0.2, 0.25) is 0 Å². The van der Waals surface area contributed by atoms with E-state index < -0.39 is 0 Å². The van der Waals surface area contributed by atoms with Gasteiger partial charge in [-0.05, 0) is 29.2 Å². The van der Waals surface area contributed by atoms with E-state index in [-0.39, 0.29) is 0 Å². The molecule has 0 bridgehead atoms. The molecule has 1 aliphatic heterocycles. The normalized spacial score (nSPS) is 28.5. The molecular formula is C14H20S3. The quantitative estimate of drug-likeness (QED) is 0.758. The summed E-state index contributed by atoms with van der Waals surface area (Å²) in [7, 11) is 0. The summed E-state index contributed by atoms with van der Waals surface area (Å²) in [6, 6.07) is 11.1. The fourth-order valence-corrected chi connectivity index (χ4v) is 7.61. The van der Waals surface area contributed by atoms with E-state index in [4.69, 9.17) is 0 Å². The molecule has 0 nitrogen and oxygen atoms in total. The Bertz CT molecular complexity index is 339. The van der Waals surface area contributed by atoms with Crippen molar-refractivity contribution >= 4 is 35.3 Å². The number of thioether (sulfide) groups is 3. The van der Waals surface area contributed by atoms with E-state index in [9.17, 15) is 0 Å². The third-order valence-corrected chi connectivity index (χ3v) is 7.98. The van der Waals surface area contributed by atoms with E-state index in [2.05, 4.69) is 79.5 Å². The Morgan fingerprint density at radius 1 is 1.24 bits per heavy atom. The maximum atomic E-state index is 2.31. The van der Waals surface area contributed by atoms with Gasteiger partial charge in [0.15, 0.2) is 0 Å². The van der Waals surface area contributed by atoms with Gasteiger partial charge in [-0.15, -0.1) is 23.5 Å². The van der Waals surface area contributed by atoms with Crippen molar-refractivity contribution in [2.24, 2.45) is 0 Å². The van der Waals surface area contributed by atoms with E-state index in [1.807, 2.05) is 0 Å². The summed E-state index contributed by atoms with van der Waals surface area (Å²) in [5.41, 5.74) is 1.51. The first-order valence-electron chi connectivity index (χ1n) is 6.28. The Hall–Kier alpha value is 0.270. The van der Waals surface area contributed by atoms with Gasteiger partial charge in [0, 0.05) is 5.25 Å². The second kappa shape index (κ2) is 6.44. The van der Waals surface area contributed by atoms with E-state index in [0.717, 1.165) is 5.25 Å². The lowest BCUT2D eigenvalue weighted by molar-refractivity contribution is 0.803. The minimum Gasteiger partial charge on any atom is -0.156 e. The Kier molecular flexibility index (Phi) is 5.19. The van der Waals surface area contributed by atoms with Crippen LogP contribution in [0.25, 0.3) is 0 Å². The van der Waals surface area contributed by atoms with Gasteiger partial charge in [0.25, 0.3) is 0 Å². The van der Waals surface area contributed by atoms with Gasteiger partial charge in [0.1, 0.15) is 0 Å². The lowest BCUT2D eigenvalue weighted by atomic mass is 10.1. The molecule has 0 spiro atoms. The van der Waals surface area contributed by atoms with Gasteiger partial charge in [-0.25, -0.2) is 0 Å². The number of hydrogen-bond donors (Lipinski definition) is 0. The molecular weight excluding hydrogens is 264 g/mol. The van der Waals surface area contributed by atoms with Crippen LogP contribution < -0.4 is 0 Å². The molecule has 1 saturated heterocycles. The van der Waals surface area contributed by atoms with Crippen molar-refractivity contribution in [3.8, 4) is 0 Å². The molecule has 2 unspecified atom stereocenters. The van der Waals surface area contributed by atoms with Crippen molar-refractivity contribution in [3.63, 3.8) is 0 Å². The third kappa shape index (κ3) is 2.82. The molecule has 1 heterocycles. The average Bonchev–Trinajstić information content (AvgIpc) is 2.76. The van der Waals surface area contributed by atoms with Crippen molar-refractivity contribution in [1.82, 2.24) is 0 Å². The zero-order chi connectivity index (χ0) is 12.1. The lowest BCUT2D eigenvalue weighted by Crippen LogP contribution is -2.27. The summed E-state index contributed by atoms with van der Waals surface area (Å²) in [5, 5.41) is 0.768. The van der Waals surface area contributed by atoms with E-state index in [1.165, 1.54) is 29.2 Å². The summed E-state index contributed by atoms with van der Waals surface area (Å²) in [6.07, 6.45) is 1.35. The van der Waals surface area contributed by atoms with Crippen molar-refractivity contribution in [2.75, 3.05) is 17.3 Å². The van der Waals surface area contributed by atoms with Crippen molar-refractivity contribution in [2.45, 2.75) is 29.6 Å². The molecule has 0 radical (unpaired) electrons. The summed E-state index contributed by atoms with van der Waals surface area (Å²) in [6.45, 7) is 4.56. The molecule has 1 aromatic carbocycles. The number of rotatable bonds is 5. The average molecular weight is 285 g/mol. The van der Waals surface area contributed by atoms with Crippen molar-refractivity contribution in [3.05, 3.63) is 35.9 Å². The van der Waals surface area contributed by atoms with Crippen LogP contribution in [0.2, 0.25) is 0 Å². The first-order valence-corrected chi connectivity index (χ1v) is 9.30. The summed E-state index contributed by atoms with van der Waals surface area (Å²) in [5.74, 6) is 3.73. The fraction of sp³-hybridized carbons (Fsp3) is 0.571. The minimum atomic E-state index is 0.302. The van der Waals surface area contributed by atoms with E-state index >= 15 is 0 Å². The third-order valence-electron chi connectivity index (χ3n) is 3.02. The molecule has 17 heavy (non-hydrogen) atoms. The maximum absolute atomic E-state index is 2.31. The standard InChI is InChI=1S/C14H20S3/c1-3-15-13-10-11-17-14(13,16-4-2)12-8-6-5-7-9-12/h5-9,13H,3-4,10-11H2,1-2H3. The van der Waals surface area contributed by atoms with Gasteiger partial charge in [0.05, 0.1) is 4.08 Å². The molecule has 94 valence electrons.